The molecule has 24 heavy (non-hydrogen) atoms. The first-order valence-corrected chi connectivity index (χ1v) is 7.49. The molecule has 0 saturated carbocycles. The number of nitrogens with one attached hydrogen (secondary N) is 1. The molecule has 1 aromatic carbocycles. The summed E-state index contributed by atoms with van der Waals surface area (Å²) in [6.07, 6.45) is -4.69. The van der Waals surface area contributed by atoms with E-state index < -0.39 is 6.36 Å². The number of nitrogens with zero attached hydrogens (tertiary/aromatic N) is 2. The van der Waals surface area contributed by atoms with Crippen molar-refractivity contribution in [2.75, 3.05) is 0 Å². The zero-order valence-electron chi connectivity index (χ0n) is 12.6. The summed E-state index contributed by atoms with van der Waals surface area (Å²) in [6.45, 7) is 2.70. The molecule has 0 radical (unpaired) electrons. The Morgan fingerprint density at radius 1 is 1.33 bits per heavy atom. The minimum atomic E-state index is -4.69. The molecule has 0 unspecified atom stereocenters. The Morgan fingerprint density at radius 3 is 2.54 bits per heavy atom. The van der Waals surface area contributed by atoms with E-state index >= 15 is 0 Å². The quantitative estimate of drug-likeness (QED) is 0.397. The summed E-state index contributed by atoms with van der Waals surface area (Å²) in [5.41, 5.74) is 9.17. The number of ether oxygens (including phenoxy) is 1. The molecule has 10 heteroatoms. The van der Waals surface area contributed by atoms with E-state index in [4.69, 9.17) is 5.73 Å². The van der Waals surface area contributed by atoms with Crippen LogP contribution in [0.25, 0.3) is 0 Å². The first-order chi connectivity index (χ1) is 10.8. The van der Waals surface area contributed by atoms with Gasteiger partial charge >= 0.3 is 6.36 Å². The fourth-order valence-electron chi connectivity index (χ4n) is 1.70. The molecule has 0 atom stereocenters. The SMILES string of the molecule is Cc1ncsc1CNC(N)=NCc1ccc(OC(F)(F)F)cc1.I. The molecule has 0 aliphatic rings. The van der Waals surface area contributed by atoms with Gasteiger partial charge in [0.25, 0.3) is 0 Å². The Hall–Kier alpha value is -1.56. The number of thiazole rings is 1. The largest absolute Gasteiger partial charge is 0.573 e. The number of benzene rings is 1. The van der Waals surface area contributed by atoms with Gasteiger partial charge in [0.2, 0.25) is 0 Å². The maximum absolute atomic E-state index is 12.1. The van der Waals surface area contributed by atoms with E-state index in [1.54, 1.807) is 5.51 Å². The van der Waals surface area contributed by atoms with E-state index in [0.717, 1.165) is 16.1 Å². The van der Waals surface area contributed by atoms with Crippen molar-refractivity contribution < 1.29 is 17.9 Å². The number of aliphatic imine (C=N–C) groups is 1. The van der Waals surface area contributed by atoms with Crippen LogP contribution in [0.2, 0.25) is 0 Å². The topological polar surface area (TPSA) is 72.5 Å². The van der Waals surface area contributed by atoms with Crippen LogP contribution >= 0.6 is 35.3 Å². The number of guanidine groups is 1. The lowest BCUT2D eigenvalue weighted by Gasteiger charge is -2.09. The second-order valence-electron chi connectivity index (χ2n) is 4.61. The highest BCUT2D eigenvalue weighted by Crippen LogP contribution is 2.22. The number of aromatic nitrogens is 1. The third-order valence-electron chi connectivity index (χ3n) is 2.86. The van der Waals surface area contributed by atoms with Crippen molar-refractivity contribution in [2.24, 2.45) is 10.7 Å². The highest BCUT2D eigenvalue weighted by molar-refractivity contribution is 14.0. The number of halogens is 4. The lowest BCUT2D eigenvalue weighted by molar-refractivity contribution is -0.274. The van der Waals surface area contributed by atoms with Crippen LogP contribution in [-0.4, -0.2) is 17.3 Å². The molecule has 0 saturated heterocycles. The minimum absolute atomic E-state index is 0. The molecule has 1 aromatic heterocycles. The van der Waals surface area contributed by atoms with Gasteiger partial charge in [-0.25, -0.2) is 9.98 Å². The number of rotatable bonds is 5. The van der Waals surface area contributed by atoms with Crippen LogP contribution in [0.1, 0.15) is 16.1 Å². The Kier molecular flexibility index (Phi) is 7.73. The molecule has 0 aliphatic carbocycles. The van der Waals surface area contributed by atoms with Crippen LogP contribution in [0.4, 0.5) is 13.2 Å². The highest BCUT2D eigenvalue weighted by atomic mass is 127. The van der Waals surface area contributed by atoms with Crippen molar-refractivity contribution in [3.8, 4) is 5.75 Å². The molecule has 0 bridgehead atoms. The first-order valence-electron chi connectivity index (χ1n) is 6.61. The predicted octanol–water partition coefficient (Wildman–Crippen LogP) is 3.57. The normalized spacial score (nSPS) is 11.8. The van der Waals surface area contributed by atoms with E-state index in [9.17, 15) is 13.2 Å². The monoisotopic (exact) mass is 472 g/mol. The third kappa shape index (κ3) is 6.91. The number of aryl methyl sites for hydroxylation is 1. The van der Waals surface area contributed by atoms with Crippen molar-refractivity contribution in [2.45, 2.75) is 26.4 Å². The van der Waals surface area contributed by atoms with E-state index in [1.807, 2.05) is 6.92 Å². The fraction of sp³-hybridized carbons (Fsp3) is 0.286. The maximum Gasteiger partial charge on any atom is 0.573 e. The van der Waals surface area contributed by atoms with Crippen molar-refractivity contribution in [3.05, 3.63) is 45.9 Å². The average Bonchev–Trinajstić information content (AvgIpc) is 2.88. The zero-order valence-corrected chi connectivity index (χ0v) is 15.8. The van der Waals surface area contributed by atoms with Crippen molar-refractivity contribution in [1.29, 1.82) is 0 Å². The second-order valence-corrected chi connectivity index (χ2v) is 5.55. The van der Waals surface area contributed by atoms with Crippen LogP contribution < -0.4 is 15.8 Å². The average molecular weight is 472 g/mol. The number of nitrogens with two attached hydrogens (primary N) is 1. The summed E-state index contributed by atoms with van der Waals surface area (Å²) in [5, 5.41) is 2.96. The first kappa shape index (κ1) is 20.5. The Labute approximate surface area is 158 Å². The minimum Gasteiger partial charge on any atom is -0.406 e. The van der Waals surface area contributed by atoms with Gasteiger partial charge in [-0.15, -0.1) is 48.5 Å². The summed E-state index contributed by atoms with van der Waals surface area (Å²) in [5.74, 6) is -0.00887. The van der Waals surface area contributed by atoms with Gasteiger partial charge in [-0.1, -0.05) is 12.1 Å². The van der Waals surface area contributed by atoms with Crippen LogP contribution in [-0.2, 0) is 13.1 Å². The number of hydrogen-bond donors (Lipinski definition) is 2. The summed E-state index contributed by atoms with van der Waals surface area (Å²) in [4.78, 5) is 9.33. The van der Waals surface area contributed by atoms with E-state index in [-0.39, 0.29) is 42.2 Å². The molecule has 0 fully saturated rings. The van der Waals surface area contributed by atoms with Crippen molar-refractivity contribution in [3.63, 3.8) is 0 Å². The lowest BCUT2D eigenvalue weighted by Crippen LogP contribution is -2.31. The fourth-order valence-corrected chi connectivity index (χ4v) is 2.41. The van der Waals surface area contributed by atoms with Gasteiger partial charge < -0.3 is 15.8 Å². The predicted molar refractivity (Wildman–Crippen MR) is 97.6 cm³/mol. The summed E-state index contributed by atoms with van der Waals surface area (Å²) in [6, 6.07) is 5.49. The van der Waals surface area contributed by atoms with Crippen LogP contribution in [0, 0.1) is 6.92 Å². The summed E-state index contributed by atoms with van der Waals surface area (Å²) >= 11 is 1.52. The summed E-state index contributed by atoms with van der Waals surface area (Å²) < 4.78 is 40.0. The number of hydrogen-bond acceptors (Lipinski definition) is 4. The van der Waals surface area contributed by atoms with E-state index in [0.29, 0.717) is 6.54 Å². The molecule has 0 aliphatic heterocycles. The van der Waals surface area contributed by atoms with Crippen molar-refractivity contribution >= 4 is 41.3 Å². The van der Waals surface area contributed by atoms with Crippen LogP contribution in [0.5, 0.6) is 5.75 Å². The van der Waals surface area contributed by atoms with Gasteiger partial charge in [0.15, 0.2) is 5.96 Å². The Bertz CT molecular complexity index is 673. The van der Waals surface area contributed by atoms with Gasteiger partial charge in [0, 0.05) is 4.88 Å². The lowest BCUT2D eigenvalue weighted by atomic mass is 10.2. The third-order valence-corrected chi connectivity index (χ3v) is 3.80. The molecule has 5 nitrogen and oxygen atoms in total. The van der Waals surface area contributed by atoms with Crippen LogP contribution in [0.3, 0.4) is 0 Å². The molecule has 132 valence electrons. The molecular weight excluding hydrogens is 456 g/mol. The molecule has 0 spiro atoms. The molecule has 2 aromatic rings. The van der Waals surface area contributed by atoms with Crippen LogP contribution in [0.15, 0.2) is 34.8 Å². The van der Waals surface area contributed by atoms with Gasteiger partial charge in [-0.3, -0.25) is 0 Å². The maximum atomic E-state index is 12.1. The van der Waals surface area contributed by atoms with Gasteiger partial charge in [-0.05, 0) is 24.6 Å². The standard InChI is InChI=1S/C14H15F3N4OS.HI/c1-9-12(23-8-21-9)7-20-13(18)19-6-10-2-4-11(5-3-10)22-14(15,16)17;/h2-5,8H,6-7H2,1H3,(H3,18,19,20);1H. The molecular formula is C14H16F3IN4OS. The highest BCUT2D eigenvalue weighted by Gasteiger charge is 2.30. The molecule has 1 heterocycles. The Morgan fingerprint density at radius 2 is 2.00 bits per heavy atom. The van der Waals surface area contributed by atoms with E-state index in [2.05, 4.69) is 20.0 Å². The van der Waals surface area contributed by atoms with Gasteiger partial charge in [-0.2, -0.15) is 0 Å². The smallest absolute Gasteiger partial charge is 0.406 e. The zero-order chi connectivity index (χ0) is 16.9. The van der Waals surface area contributed by atoms with Crippen molar-refractivity contribution in [1.82, 2.24) is 10.3 Å². The Balaban J connectivity index is 0.00000288. The number of alkyl halides is 3. The van der Waals surface area contributed by atoms with Gasteiger partial charge in [0.05, 0.1) is 24.3 Å². The molecule has 3 N–H and O–H groups in total. The molecule has 0 amide bonds. The molecule has 2 rings (SSSR count). The second kappa shape index (κ2) is 9.06. The summed E-state index contributed by atoms with van der Waals surface area (Å²) in [7, 11) is 0. The van der Waals surface area contributed by atoms with E-state index in [1.165, 1.54) is 35.6 Å². The van der Waals surface area contributed by atoms with Gasteiger partial charge in [0.1, 0.15) is 5.75 Å².